The molecule has 0 heterocycles. The molecular weight excluding hydrogens is 252 g/mol. The van der Waals surface area contributed by atoms with Crippen molar-refractivity contribution in [1.29, 1.82) is 0 Å². The van der Waals surface area contributed by atoms with Crippen LogP contribution in [-0.2, 0) is 9.53 Å². The predicted octanol–water partition coefficient (Wildman–Crippen LogP) is 2.32. The maximum Gasteiger partial charge on any atom is 0.223 e. The molecule has 1 fully saturated rings. The molecule has 0 aliphatic heterocycles. The lowest BCUT2D eigenvalue weighted by atomic mass is 9.61. The van der Waals surface area contributed by atoms with Crippen LogP contribution >= 0.6 is 0 Å². The second-order valence-corrected chi connectivity index (χ2v) is 6.97. The quantitative estimate of drug-likeness (QED) is 0.736. The van der Waals surface area contributed by atoms with Crippen LogP contribution in [0.3, 0.4) is 0 Å². The highest BCUT2D eigenvalue weighted by atomic mass is 16.5. The molecule has 4 heteroatoms. The number of carbonyl (C=O) groups is 1. The van der Waals surface area contributed by atoms with Crippen LogP contribution in [0, 0.1) is 17.3 Å². The predicted molar refractivity (Wildman–Crippen MR) is 82.4 cm³/mol. The lowest BCUT2D eigenvalue weighted by Gasteiger charge is -2.46. The first-order valence-electron chi connectivity index (χ1n) is 7.91. The van der Waals surface area contributed by atoms with Crippen molar-refractivity contribution in [1.82, 2.24) is 5.32 Å². The van der Waals surface area contributed by atoms with Crippen molar-refractivity contribution in [3.05, 3.63) is 0 Å². The molecule has 0 aromatic heterocycles. The van der Waals surface area contributed by atoms with E-state index in [-0.39, 0.29) is 29.4 Å². The summed E-state index contributed by atoms with van der Waals surface area (Å²) in [5, 5.41) is 3.06. The highest BCUT2D eigenvalue weighted by Crippen LogP contribution is 2.44. The number of nitrogens with one attached hydrogen (secondary N) is 1. The molecule has 4 nitrogen and oxygen atoms in total. The van der Waals surface area contributed by atoms with Crippen molar-refractivity contribution in [3.8, 4) is 0 Å². The highest BCUT2D eigenvalue weighted by Gasteiger charge is 2.44. The lowest BCUT2D eigenvalue weighted by molar-refractivity contribution is -0.132. The van der Waals surface area contributed by atoms with E-state index >= 15 is 0 Å². The zero-order valence-corrected chi connectivity index (χ0v) is 13.7. The molecule has 1 amide bonds. The maximum atomic E-state index is 12.4. The van der Waals surface area contributed by atoms with Crippen LogP contribution in [0.1, 0.15) is 53.9 Å². The molecule has 1 aliphatic carbocycles. The molecule has 0 radical (unpaired) electrons. The van der Waals surface area contributed by atoms with E-state index in [1.165, 1.54) is 0 Å². The first-order chi connectivity index (χ1) is 9.26. The molecule has 0 spiro atoms. The highest BCUT2D eigenvalue weighted by molar-refractivity contribution is 5.79. The van der Waals surface area contributed by atoms with Gasteiger partial charge in [-0.05, 0) is 44.4 Å². The number of carbonyl (C=O) groups excluding carboxylic acids is 1. The van der Waals surface area contributed by atoms with Gasteiger partial charge in [0.15, 0.2) is 0 Å². The van der Waals surface area contributed by atoms with Crippen molar-refractivity contribution in [2.75, 3.05) is 13.2 Å². The molecular formula is C16H32N2O2. The van der Waals surface area contributed by atoms with Crippen LogP contribution in [0.4, 0.5) is 0 Å². The van der Waals surface area contributed by atoms with Crippen molar-refractivity contribution in [3.63, 3.8) is 0 Å². The zero-order valence-electron chi connectivity index (χ0n) is 13.7. The molecule has 20 heavy (non-hydrogen) atoms. The van der Waals surface area contributed by atoms with E-state index in [9.17, 15) is 4.79 Å². The van der Waals surface area contributed by atoms with Gasteiger partial charge in [-0.25, -0.2) is 0 Å². The first-order valence-corrected chi connectivity index (χ1v) is 7.91. The Balaban J connectivity index is 2.39. The minimum absolute atomic E-state index is 0.0316. The smallest absolute Gasteiger partial charge is 0.223 e. The van der Waals surface area contributed by atoms with Crippen LogP contribution in [0.2, 0.25) is 0 Å². The summed E-state index contributed by atoms with van der Waals surface area (Å²) in [6, 6.07) is 0.216. The van der Waals surface area contributed by atoms with Crippen molar-refractivity contribution >= 4 is 5.91 Å². The molecule has 1 rings (SSSR count). The fourth-order valence-corrected chi connectivity index (χ4v) is 3.05. The van der Waals surface area contributed by atoms with E-state index in [1.807, 2.05) is 13.8 Å². The molecule has 1 aliphatic rings. The third-order valence-electron chi connectivity index (χ3n) is 4.89. The molecule has 0 bridgehead atoms. The Morgan fingerprint density at radius 3 is 2.65 bits per heavy atom. The minimum atomic E-state index is -0.0316. The number of rotatable bonds is 6. The second-order valence-electron chi connectivity index (χ2n) is 6.97. The van der Waals surface area contributed by atoms with E-state index < -0.39 is 0 Å². The molecule has 0 saturated heterocycles. The van der Waals surface area contributed by atoms with E-state index in [1.54, 1.807) is 0 Å². The molecule has 3 atom stereocenters. The first kappa shape index (κ1) is 17.4. The van der Waals surface area contributed by atoms with Gasteiger partial charge in [0.25, 0.3) is 0 Å². The summed E-state index contributed by atoms with van der Waals surface area (Å²) in [7, 11) is 0. The maximum absolute atomic E-state index is 12.4. The standard InChI is InChI=1S/C16H32N2O2/c1-11(2)20-10-6-9-18-15(19)13-7-8-14(17)12(3)16(13,4)5/h11-14H,6-10,17H2,1-5H3,(H,18,19). The number of hydrogen-bond acceptors (Lipinski definition) is 3. The number of nitrogens with two attached hydrogens (primary N) is 1. The van der Waals surface area contributed by atoms with Crippen LogP contribution < -0.4 is 11.1 Å². The average Bonchev–Trinajstić information content (AvgIpc) is 2.35. The number of amides is 1. The SMILES string of the molecule is CC(C)OCCCNC(=O)C1CCC(N)C(C)C1(C)C. The third-order valence-corrected chi connectivity index (χ3v) is 4.89. The minimum Gasteiger partial charge on any atom is -0.379 e. The summed E-state index contributed by atoms with van der Waals surface area (Å²) in [4.78, 5) is 12.4. The van der Waals surface area contributed by atoms with Gasteiger partial charge in [-0.2, -0.15) is 0 Å². The van der Waals surface area contributed by atoms with Gasteiger partial charge in [-0.1, -0.05) is 20.8 Å². The summed E-state index contributed by atoms with van der Waals surface area (Å²) in [6.45, 7) is 11.9. The van der Waals surface area contributed by atoms with E-state index in [4.69, 9.17) is 10.5 Å². The van der Waals surface area contributed by atoms with E-state index in [2.05, 4.69) is 26.1 Å². The van der Waals surface area contributed by atoms with Crippen LogP contribution in [0.25, 0.3) is 0 Å². The number of ether oxygens (including phenoxy) is 1. The van der Waals surface area contributed by atoms with Gasteiger partial charge in [-0.3, -0.25) is 4.79 Å². The number of hydrogen-bond donors (Lipinski definition) is 2. The zero-order chi connectivity index (χ0) is 15.3. The Morgan fingerprint density at radius 1 is 1.40 bits per heavy atom. The van der Waals surface area contributed by atoms with Gasteiger partial charge >= 0.3 is 0 Å². The topological polar surface area (TPSA) is 64.3 Å². The molecule has 0 aromatic carbocycles. The van der Waals surface area contributed by atoms with Crippen molar-refractivity contribution in [2.45, 2.75) is 66.0 Å². The van der Waals surface area contributed by atoms with Crippen LogP contribution in [0.15, 0.2) is 0 Å². The summed E-state index contributed by atoms with van der Waals surface area (Å²) in [6.07, 6.45) is 2.96. The fraction of sp³-hybridized carbons (Fsp3) is 0.938. The van der Waals surface area contributed by atoms with Gasteiger partial charge in [0.2, 0.25) is 5.91 Å². The van der Waals surface area contributed by atoms with E-state index in [0.29, 0.717) is 19.1 Å². The third kappa shape index (κ3) is 4.45. The summed E-state index contributed by atoms with van der Waals surface area (Å²) >= 11 is 0. The van der Waals surface area contributed by atoms with Gasteiger partial charge in [-0.15, -0.1) is 0 Å². The van der Waals surface area contributed by atoms with E-state index in [0.717, 1.165) is 19.3 Å². The summed E-state index contributed by atoms with van der Waals surface area (Å²) in [5.41, 5.74) is 6.10. The second kappa shape index (κ2) is 7.41. The van der Waals surface area contributed by atoms with Gasteiger partial charge in [0, 0.05) is 25.1 Å². The molecule has 0 aromatic rings. The van der Waals surface area contributed by atoms with Crippen LogP contribution in [-0.4, -0.2) is 31.2 Å². The van der Waals surface area contributed by atoms with Gasteiger partial charge in [0.1, 0.15) is 0 Å². The Hall–Kier alpha value is -0.610. The van der Waals surface area contributed by atoms with Crippen molar-refractivity contribution < 1.29 is 9.53 Å². The fourth-order valence-electron chi connectivity index (χ4n) is 3.05. The van der Waals surface area contributed by atoms with Crippen molar-refractivity contribution in [2.24, 2.45) is 23.0 Å². The summed E-state index contributed by atoms with van der Waals surface area (Å²) < 4.78 is 5.47. The molecule has 3 unspecified atom stereocenters. The normalized spacial score (nSPS) is 29.4. The molecule has 1 saturated carbocycles. The average molecular weight is 284 g/mol. The lowest BCUT2D eigenvalue weighted by Crippen LogP contribution is -2.51. The molecule has 118 valence electrons. The molecule has 3 N–H and O–H groups in total. The Morgan fingerprint density at radius 2 is 2.05 bits per heavy atom. The monoisotopic (exact) mass is 284 g/mol. The Bertz CT molecular complexity index is 316. The summed E-state index contributed by atoms with van der Waals surface area (Å²) in [5.74, 6) is 0.623. The largest absolute Gasteiger partial charge is 0.379 e. The Labute approximate surface area is 123 Å². The van der Waals surface area contributed by atoms with Crippen LogP contribution in [0.5, 0.6) is 0 Å². The Kier molecular flexibility index (Phi) is 6.46. The van der Waals surface area contributed by atoms with Gasteiger partial charge < -0.3 is 15.8 Å². The van der Waals surface area contributed by atoms with Gasteiger partial charge in [0.05, 0.1) is 6.10 Å².